The van der Waals surface area contributed by atoms with Crippen LogP contribution in [0.25, 0.3) is 11.0 Å². The largest absolute Gasteiger partial charge is 0.491 e. The molecular weight excluding hydrogens is 560 g/mol. The van der Waals surface area contributed by atoms with Crippen molar-refractivity contribution in [3.05, 3.63) is 82.1 Å². The Morgan fingerprint density at radius 1 is 0.814 bits per heavy atom. The summed E-state index contributed by atoms with van der Waals surface area (Å²) in [5, 5.41) is 3.05. The Labute approximate surface area is 244 Å². The number of rotatable bonds is 9. The highest BCUT2D eigenvalue weighted by molar-refractivity contribution is 6.32. The van der Waals surface area contributed by atoms with Gasteiger partial charge in [-0.25, -0.2) is 14.6 Å². The predicted octanol–water partition coefficient (Wildman–Crippen LogP) is 2.70. The van der Waals surface area contributed by atoms with Crippen LogP contribution in [0.5, 0.6) is 0 Å². The maximum Gasteiger partial charge on any atom is 0.349 e. The first-order chi connectivity index (χ1) is 20.6. The quantitative estimate of drug-likeness (QED) is 0.292. The van der Waals surface area contributed by atoms with Crippen molar-refractivity contribution in [2.75, 3.05) is 47.3 Å². The summed E-state index contributed by atoms with van der Waals surface area (Å²) in [4.78, 5) is 80.8. The third-order valence-electron chi connectivity index (χ3n) is 6.99. The fraction of sp³-hybridized carbons (Fsp3) is 0.200. The van der Waals surface area contributed by atoms with Crippen LogP contribution in [-0.2, 0) is 28.7 Å². The van der Waals surface area contributed by atoms with E-state index in [0.29, 0.717) is 11.0 Å². The minimum absolute atomic E-state index is 0.0354. The van der Waals surface area contributed by atoms with Crippen LogP contribution >= 0.6 is 0 Å². The van der Waals surface area contributed by atoms with Crippen LogP contribution in [0.2, 0.25) is 0 Å². The van der Waals surface area contributed by atoms with Crippen molar-refractivity contribution in [1.29, 1.82) is 0 Å². The molecule has 2 aromatic carbocycles. The Hall–Kier alpha value is -5.72. The van der Waals surface area contributed by atoms with Crippen LogP contribution < -0.4 is 25.6 Å². The van der Waals surface area contributed by atoms with Crippen molar-refractivity contribution in [2.45, 2.75) is 13.8 Å². The number of nitrogens with zero attached hydrogens (tertiary/aromatic N) is 3. The molecular formula is C30H26N4O9. The molecule has 0 spiro atoms. The first-order valence-electron chi connectivity index (χ1n) is 13.2. The average Bonchev–Trinajstić information content (AvgIpc) is 3.44. The number of carbonyl (C=O) groups is 5. The molecule has 3 aromatic rings. The van der Waals surface area contributed by atoms with E-state index in [2.05, 4.69) is 10.2 Å². The topological polar surface area (TPSA) is 156 Å². The van der Waals surface area contributed by atoms with Gasteiger partial charge in [-0.2, -0.15) is 0 Å². The standard InChI is InChI=1S/C30H26N4O9/c1-5-32(6-2)18-8-7-16-9-21(30(40)43-22(16)13-18)27(37)31-17-10-19(33-25(35)14-23(41-3)28(33)38)12-20(11-17)34-26(36)15-24(42-4)29(34)39/h7-15H,5-6H2,1-4H3,(H,31,37). The molecule has 1 N–H and O–H groups in total. The first-order valence-corrected chi connectivity index (χ1v) is 13.2. The van der Waals surface area contributed by atoms with Crippen LogP contribution in [0.1, 0.15) is 24.2 Å². The number of fused-ring (bicyclic) bond motifs is 1. The summed E-state index contributed by atoms with van der Waals surface area (Å²) < 4.78 is 15.4. The van der Waals surface area contributed by atoms with Crippen molar-refractivity contribution < 1.29 is 37.9 Å². The molecule has 5 rings (SSSR count). The first kappa shape index (κ1) is 28.8. The van der Waals surface area contributed by atoms with E-state index in [0.717, 1.165) is 40.7 Å². The predicted molar refractivity (Wildman–Crippen MR) is 156 cm³/mol. The Morgan fingerprint density at radius 2 is 1.37 bits per heavy atom. The molecule has 0 atom stereocenters. The van der Waals surface area contributed by atoms with Gasteiger partial charge in [0.05, 0.1) is 37.7 Å². The Bertz CT molecular complexity index is 1770. The van der Waals surface area contributed by atoms with Crippen molar-refractivity contribution in [3.8, 4) is 0 Å². The summed E-state index contributed by atoms with van der Waals surface area (Å²) in [7, 11) is 2.45. The fourth-order valence-corrected chi connectivity index (χ4v) is 4.85. The fourth-order valence-electron chi connectivity index (χ4n) is 4.85. The molecule has 2 aliphatic rings. The highest BCUT2D eigenvalue weighted by Crippen LogP contribution is 2.34. The lowest BCUT2D eigenvalue weighted by atomic mass is 10.1. The minimum Gasteiger partial charge on any atom is -0.491 e. The molecule has 5 amide bonds. The second kappa shape index (κ2) is 11.3. The lowest BCUT2D eigenvalue weighted by Crippen LogP contribution is -2.33. The van der Waals surface area contributed by atoms with Crippen LogP contribution in [0.4, 0.5) is 22.7 Å². The van der Waals surface area contributed by atoms with Crippen LogP contribution in [0, 0.1) is 0 Å². The lowest BCUT2D eigenvalue weighted by Gasteiger charge is -2.21. The summed E-state index contributed by atoms with van der Waals surface area (Å²) in [6.45, 7) is 5.51. The summed E-state index contributed by atoms with van der Waals surface area (Å²) in [6.07, 6.45) is 1.96. The Morgan fingerprint density at radius 3 is 1.86 bits per heavy atom. The highest BCUT2D eigenvalue weighted by atomic mass is 16.5. The maximum atomic E-state index is 13.3. The molecule has 13 heteroatoms. The summed E-state index contributed by atoms with van der Waals surface area (Å²) in [5.41, 5.74) is -0.239. The minimum atomic E-state index is -0.893. The van der Waals surface area contributed by atoms with E-state index in [-0.39, 0.29) is 34.1 Å². The van der Waals surface area contributed by atoms with Gasteiger partial charge in [-0.05, 0) is 50.2 Å². The van der Waals surface area contributed by atoms with Crippen LogP contribution in [0.3, 0.4) is 0 Å². The molecule has 43 heavy (non-hydrogen) atoms. The number of amides is 5. The molecule has 0 saturated carbocycles. The molecule has 0 radical (unpaired) electrons. The van der Waals surface area contributed by atoms with Crippen LogP contribution in [-0.4, -0.2) is 56.8 Å². The van der Waals surface area contributed by atoms with Gasteiger partial charge >= 0.3 is 17.4 Å². The van der Waals surface area contributed by atoms with Gasteiger partial charge in [-0.3, -0.25) is 24.0 Å². The van der Waals surface area contributed by atoms with Gasteiger partial charge in [0, 0.05) is 35.9 Å². The lowest BCUT2D eigenvalue weighted by molar-refractivity contribution is -0.123. The second-order valence-corrected chi connectivity index (χ2v) is 9.42. The van der Waals surface area contributed by atoms with Crippen molar-refractivity contribution in [3.63, 3.8) is 0 Å². The molecule has 0 saturated heterocycles. The molecule has 0 bridgehead atoms. The molecule has 3 heterocycles. The van der Waals surface area contributed by atoms with Crippen molar-refractivity contribution in [1.82, 2.24) is 0 Å². The van der Waals surface area contributed by atoms with E-state index in [1.807, 2.05) is 19.9 Å². The Kier molecular flexibility index (Phi) is 7.55. The molecule has 0 fully saturated rings. The van der Waals surface area contributed by atoms with Gasteiger partial charge < -0.3 is 24.1 Å². The van der Waals surface area contributed by atoms with Crippen LogP contribution in [0.15, 0.2) is 75.3 Å². The number of ether oxygens (including phenoxy) is 2. The highest BCUT2D eigenvalue weighted by Gasteiger charge is 2.37. The van der Waals surface area contributed by atoms with E-state index < -0.39 is 35.2 Å². The van der Waals surface area contributed by atoms with E-state index in [9.17, 15) is 28.8 Å². The zero-order valence-electron chi connectivity index (χ0n) is 23.6. The monoisotopic (exact) mass is 586 g/mol. The molecule has 220 valence electrons. The number of benzene rings is 2. The third kappa shape index (κ3) is 5.12. The number of nitrogens with one attached hydrogen (secondary N) is 1. The van der Waals surface area contributed by atoms with E-state index in [4.69, 9.17) is 13.9 Å². The van der Waals surface area contributed by atoms with Crippen molar-refractivity contribution >= 4 is 63.3 Å². The molecule has 2 aliphatic heterocycles. The number of anilines is 4. The number of imide groups is 2. The number of hydrogen-bond donors (Lipinski definition) is 1. The summed E-state index contributed by atoms with van der Waals surface area (Å²) >= 11 is 0. The smallest absolute Gasteiger partial charge is 0.349 e. The molecule has 0 aliphatic carbocycles. The van der Waals surface area contributed by atoms with Gasteiger partial charge in [-0.1, -0.05) is 0 Å². The number of carbonyl (C=O) groups excluding carboxylic acids is 5. The normalized spacial score (nSPS) is 14.8. The van der Waals surface area contributed by atoms with E-state index in [1.54, 1.807) is 12.1 Å². The van der Waals surface area contributed by atoms with Crippen molar-refractivity contribution in [2.24, 2.45) is 0 Å². The van der Waals surface area contributed by atoms with Gasteiger partial charge in [0.25, 0.3) is 17.7 Å². The Balaban J connectivity index is 1.53. The maximum absolute atomic E-state index is 13.3. The number of methoxy groups -OCH3 is 2. The zero-order valence-corrected chi connectivity index (χ0v) is 23.6. The SMILES string of the molecule is CCN(CC)c1ccc2cc(C(=O)Nc3cc(N4C(=O)C=C(OC)C4=O)cc(N4C(=O)C=C(OC)C4=O)c3)c(=O)oc2c1. The van der Waals surface area contributed by atoms with E-state index in [1.165, 1.54) is 38.5 Å². The molecule has 13 nitrogen and oxygen atoms in total. The molecule has 0 unspecified atom stereocenters. The third-order valence-corrected chi connectivity index (χ3v) is 6.99. The zero-order chi connectivity index (χ0) is 31.0. The van der Waals surface area contributed by atoms with E-state index >= 15 is 0 Å². The summed E-state index contributed by atoms with van der Waals surface area (Å²) in [6, 6.07) is 10.5. The molecule has 1 aromatic heterocycles. The second-order valence-electron chi connectivity index (χ2n) is 9.42. The van der Waals surface area contributed by atoms with Gasteiger partial charge in [0.15, 0.2) is 11.5 Å². The average molecular weight is 587 g/mol. The van der Waals surface area contributed by atoms with Gasteiger partial charge in [0.1, 0.15) is 11.1 Å². The van der Waals surface area contributed by atoms with Gasteiger partial charge in [0.2, 0.25) is 0 Å². The van der Waals surface area contributed by atoms with Gasteiger partial charge in [-0.15, -0.1) is 0 Å². The summed E-state index contributed by atoms with van der Waals surface area (Å²) in [5.74, 6) is -4.40. The number of hydrogen-bond acceptors (Lipinski definition) is 10.